The number of amides is 1. The molecule has 0 atom stereocenters. The van der Waals surface area contributed by atoms with E-state index in [1.54, 1.807) is 6.92 Å². The Morgan fingerprint density at radius 1 is 1.47 bits per heavy atom. The average Bonchev–Trinajstić information content (AvgIpc) is 2.71. The monoisotopic (exact) mass is 285 g/mol. The number of aromatic carboxylic acids is 1. The maximum Gasteiger partial charge on any atom is 0.340 e. The lowest BCUT2D eigenvalue weighted by Gasteiger charge is -2.25. The van der Waals surface area contributed by atoms with Gasteiger partial charge in [0.25, 0.3) is 0 Å². The normalized spacial score (nSPS) is 16.3. The fourth-order valence-corrected chi connectivity index (χ4v) is 2.64. The molecule has 0 radical (unpaired) electrons. The number of hydrogen-bond acceptors (Lipinski definition) is 6. The zero-order chi connectivity index (χ0) is 13.8. The summed E-state index contributed by atoms with van der Waals surface area (Å²) in [5.74, 6) is -1.30. The molecule has 2 N–H and O–H groups in total. The Kier molecular flexibility index (Phi) is 4.46. The van der Waals surface area contributed by atoms with Crippen LogP contribution >= 0.6 is 11.5 Å². The maximum absolute atomic E-state index is 11.9. The van der Waals surface area contributed by atoms with Gasteiger partial charge < -0.3 is 15.2 Å². The van der Waals surface area contributed by atoms with Crippen molar-refractivity contribution in [3.8, 4) is 0 Å². The first-order valence-electron chi connectivity index (χ1n) is 5.87. The molecule has 19 heavy (non-hydrogen) atoms. The highest BCUT2D eigenvalue weighted by Gasteiger charge is 2.20. The Labute approximate surface area is 114 Å². The average molecular weight is 285 g/mol. The van der Waals surface area contributed by atoms with Gasteiger partial charge in [0.15, 0.2) is 0 Å². The molecular formula is C11H15N3O4S. The summed E-state index contributed by atoms with van der Waals surface area (Å²) in [4.78, 5) is 24.9. The molecule has 0 unspecified atom stereocenters. The topological polar surface area (TPSA) is 91.8 Å². The first-order chi connectivity index (χ1) is 9.08. The van der Waals surface area contributed by atoms with Gasteiger partial charge in [0.2, 0.25) is 5.91 Å². The van der Waals surface area contributed by atoms with Crippen molar-refractivity contribution in [3.05, 3.63) is 11.3 Å². The zero-order valence-electron chi connectivity index (χ0n) is 10.5. The number of aromatic nitrogens is 1. The van der Waals surface area contributed by atoms with Crippen LogP contribution in [-0.2, 0) is 9.53 Å². The molecule has 1 aliphatic heterocycles. The molecule has 1 aliphatic rings. The highest BCUT2D eigenvalue weighted by Crippen LogP contribution is 2.24. The van der Waals surface area contributed by atoms with Gasteiger partial charge in [-0.3, -0.25) is 9.69 Å². The van der Waals surface area contributed by atoms with E-state index in [-0.39, 0.29) is 18.0 Å². The number of carboxylic acid groups (broad SMARTS) is 1. The van der Waals surface area contributed by atoms with Gasteiger partial charge in [0, 0.05) is 13.1 Å². The van der Waals surface area contributed by atoms with E-state index >= 15 is 0 Å². The number of nitrogens with one attached hydrogen (secondary N) is 1. The van der Waals surface area contributed by atoms with E-state index in [0.717, 1.165) is 11.5 Å². The number of anilines is 1. The number of nitrogens with zero attached hydrogens (tertiary/aromatic N) is 2. The Morgan fingerprint density at radius 3 is 2.79 bits per heavy atom. The summed E-state index contributed by atoms with van der Waals surface area (Å²) in [6, 6.07) is 0. The van der Waals surface area contributed by atoms with Crippen molar-refractivity contribution in [1.82, 2.24) is 9.27 Å². The third-order valence-corrected chi connectivity index (χ3v) is 3.65. The quantitative estimate of drug-likeness (QED) is 0.833. The summed E-state index contributed by atoms with van der Waals surface area (Å²) in [5.41, 5.74) is 0.486. The number of morpholine rings is 1. The predicted molar refractivity (Wildman–Crippen MR) is 69.7 cm³/mol. The van der Waals surface area contributed by atoms with Crippen LogP contribution in [0.3, 0.4) is 0 Å². The van der Waals surface area contributed by atoms with Crippen molar-refractivity contribution in [1.29, 1.82) is 0 Å². The summed E-state index contributed by atoms with van der Waals surface area (Å²) in [7, 11) is 0. The van der Waals surface area contributed by atoms with Gasteiger partial charge in [0.05, 0.1) is 25.5 Å². The van der Waals surface area contributed by atoms with Crippen LogP contribution in [0, 0.1) is 6.92 Å². The Bertz CT molecular complexity index is 482. The van der Waals surface area contributed by atoms with Crippen molar-refractivity contribution < 1.29 is 19.4 Å². The van der Waals surface area contributed by atoms with E-state index in [4.69, 9.17) is 9.84 Å². The van der Waals surface area contributed by atoms with Crippen LogP contribution < -0.4 is 5.32 Å². The summed E-state index contributed by atoms with van der Waals surface area (Å²) in [5, 5.41) is 12.0. The lowest BCUT2D eigenvalue weighted by molar-refractivity contribution is -0.118. The first kappa shape index (κ1) is 13.9. The number of carbonyl (C=O) groups excluding carboxylic acids is 1. The summed E-state index contributed by atoms with van der Waals surface area (Å²) < 4.78 is 9.14. The largest absolute Gasteiger partial charge is 0.478 e. The Hall–Kier alpha value is -1.51. The van der Waals surface area contributed by atoms with Gasteiger partial charge in [-0.2, -0.15) is 4.37 Å². The Balaban J connectivity index is 1.96. The fraction of sp³-hybridized carbons (Fsp3) is 0.545. The van der Waals surface area contributed by atoms with E-state index in [2.05, 4.69) is 9.69 Å². The molecule has 1 fully saturated rings. The fourth-order valence-electron chi connectivity index (χ4n) is 1.84. The third kappa shape index (κ3) is 3.49. The van der Waals surface area contributed by atoms with Crippen molar-refractivity contribution in [2.24, 2.45) is 0 Å². The van der Waals surface area contributed by atoms with Gasteiger partial charge in [-0.1, -0.05) is 0 Å². The molecule has 104 valence electrons. The van der Waals surface area contributed by atoms with Crippen LogP contribution in [0.2, 0.25) is 0 Å². The highest BCUT2D eigenvalue weighted by atomic mass is 32.1. The minimum absolute atomic E-state index is 0.0697. The summed E-state index contributed by atoms with van der Waals surface area (Å²) in [6.07, 6.45) is 0. The van der Waals surface area contributed by atoms with Gasteiger partial charge in [-0.05, 0) is 18.5 Å². The minimum atomic E-state index is -1.08. The first-order valence-corrected chi connectivity index (χ1v) is 6.65. The van der Waals surface area contributed by atoms with Gasteiger partial charge >= 0.3 is 5.97 Å². The number of carboxylic acids is 1. The van der Waals surface area contributed by atoms with Crippen LogP contribution in [0.5, 0.6) is 0 Å². The van der Waals surface area contributed by atoms with Gasteiger partial charge in [-0.15, -0.1) is 0 Å². The molecule has 1 aromatic rings. The van der Waals surface area contributed by atoms with Crippen LogP contribution in [-0.4, -0.2) is 59.1 Å². The molecule has 1 aromatic heterocycles. The van der Waals surface area contributed by atoms with E-state index in [1.165, 1.54) is 0 Å². The summed E-state index contributed by atoms with van der Waals surface area (Å²) >= 11 is 0.989. The van der Waals surface area contributed by atoms with E-state index in [9.17, 15) is 9.59 Å². The Morgan fingerprint density at radius 2 is 2.16 bits per heavy atom. The molecule has 0 saturated carbocycles. The minimum Gasteiger partial charge on any atom is -0.478 e. The zero-order valence-corrected chi connectivity index (χ0v) is 11.3. The van der Waals surface area contributed by atoms with Crippen LogP contribution in [0.4, 0.5) is 5.00 Å². The van der Waals surface area contributed by atoms with Crippen LogP contribution in [0.25, 0.3) is 0 Å². The van der Waals surface area contributed by atoms with Gasteiger partial charge in [0.1, 0.15) is 10.6 Å². The molecule has 8 heteroatoms. The molecule has 0 aliphatic carbocycles. The summed E-state index contributed by atoms with van der Waals surface area (Å²) in [6.45, 7) is 4.50. The molecule has 0 bridgehead atoms. The predicted octanol–water partition coefficient (Wildman–Crippen LogP) is 0.420. The lowest BCUT2D eigenvalue weighted by atomic mass is 10.2. The second kappa shape index (κ2) is 6.09. The number of hydrogen-bond donors (Lipinski definition) is 2. The van der Waals surface area contributed by atoms with Crippen molar-refractivity contribution in [2.45, 2.75) is 6.92 Å². The number of rotatable bonds is 4. The van der Waals surface area contributed by atoms with Gasteiger partial charge in [-0.25, -0.2) is 4.79 Å². The molecule has 7 nitrogen and oxygen atoms in total. The molecule has 2 heterocycles. The standard InChI is InChI=1S/C11H15N3O4S/c1-7-9(11(16)17)10(19-13-7)12-8(15)6-14-2-4-18-5-3-14/h2-6H2,1H3,(H,12,15)(H,16,17). The molecule has 2 rings (SSSR count). The SMILES string of the molecule is Cc1nsc(NC(=O)CN2CCOCC2)c1C(=O)O. The smallest absolute Gasteiger partial charge is 0.340 e. The number of ether oxygens (including phenoxy) is 1. The molecule has 0 aromatic carbocycles. The molecule has 1 amide bonds. The highest BCUT2D eigenvalue weighted by molar-refractivity contribution is 7.11. The molecule has 1 saturated heterocycles. The van der Waals surface area contributed by atoms with Crippen LogP contribution in [0.1, 0.15) is 16.1 Å². The molecular weight excluding hydrogens is 270 g/mol. The number of carbonyl (C=O) groups is 2. The number of aryl methyl sites for hydroxylation is 1. The van der Waals surface area contributed by atoms with E-state index in [1.807, 2.05) is 4.90 Å². The van der Waals surface area contributed by atoms with Crippen molar-refractivity contribution >= 4 is 28.4 Å². The lowest BCUT2D eigenvalue weighted by Crippen LogP contribution is -2.41. The maximum atomic E-state index is 11.9. The molecule has 0 spiro atoms. The second-order valence-electron chi connectivity index (χ2n) is 4.21. The van der Waals surface area contributed by atoms with E-state index in [0.29, 0.717) is 37.0 Å². The van der Waals surface area contributed by atoms with Crippen molar-refractivity contribution in [2.75, 3.05) is 38.2 Å². The van der Waals surface area contributed by atoms with Crippen molar-refractivity contribution in [3.63, 3.8) is 0 Å². The van der Waals surface area contributed by atoms with E-state index < -0.39 is 5.97 Å². The third-order valence-electron chi connectivity index (χ3n) is 2.80. The van der Waals surface area contributed by atoms with Crippen LogP contribution in [0.15, 0.2) is 0 Å². The second-order valence-corrected chi connectivity index (χ2v) is 4.99.